The van der Waals surface area contributed by atoms with Crippen LogP contribution in [-0.4, -0.2) is 12.0 Å². The van der Waals surface area contributed by atoms with E-state index in [4.69, 9.17) is 10.5 Å². The van der Waals surface area contributed by atoms with Gasteiger partial charge in [-0.1, -0.05) is 30.3 Å². The molecule has 0 saturated heterocycles. The normalized spacial score (nSPS) is 11.9. The Hall–Kier alpha value is -2.20. The average Bonchev–Trinajstić information content (AvgIpc) is 2.42. The lowest BCUT2D eigenvalue weighted by Gasteiger charge is -2.11. The van der Waals surface area contributed by atoms with Gasteiger partial charge in [-0.05, 0) is 36.2 Å². The van der Waals surface area contributed by atoms with Crippen LogP contribution >= 0.6 is 0 Å². The molecule has 2 aromatic carbocycles. The Labute approximate surface area is 110 Å². The Morgan fingerprint density at radius 1 is 1.11 bits per heavy atom. The third kappa shape index (κ3) is 3.89. The summed E-state index contributed by atoms with van der Waals surface area (Å²) in [5, 5.41) is 0. The summed E-state index contributed by atoms with van der Waals surface area (Å²) in [4.78, 5) is 11.8. The number of rotatable bonds is 4. The molecule has 0 bridgehead atoms. The maximum absolute atomic E-state index is 12.7. The van der Waals surface area contributed by atoms with Gasteiger partial charge in [-0.2, -0.15) is 0 Å². The molecule has 0 radical (unpaired) electrons. The van der Waals surface area contributed by atoms with Crippen molar-refractivity contribution in [1.29, 1.82) is 0 Å². The zero-order valence-corrected chi connectivity index (χ0v) is 10.3. The fourth-order valence-electron chi connectivity index (χ4n) is 1.65. The van der Waals surface area contributed by atoms with E-state index in [1.165, 1.54) is 24.3 Å². The number of ether oxygens (including phenoxy) is 1. The highest BCUT2D eigenvalue weighted by molar-refractivity contribution is 5.78. The topological polar surface area (TPSA) is 52.3 Å². The van der Waals surface area contributed by atoms with Crippen molar-refractivity contribution in [1.82, 2.24) is 0 Å². The summed E-state index contributed by atoms with van der Waals surface area (Å²) in [5.41, 5.74) is 6.74. The van der Waals surface area contributed by atoms with Crippen LogP contribution in [0.2, 0.25) is 0 Å². The molecule has 0 spiro atoms. The van der Waals surface area contributed by atoms with Crippen molar-refractivity contribution in [3.05, 3.63) is 66.0 Å². The molecule has 2 aromatic rings. The van der Waals surface area contributed by atoms with Crippen molar-refractivity contribution < 1.29 is 13.9 Å². The maximum atomic E-state index is 12.7. The van der Waals surface area contributed by atoms with E-state index in [9.17, 15) is 9.18 Å². The van der Waals surface area contributed by atoms with E-state index in [-0.39, 0.29) is 11.6 Å². The molecule has 0 heterocycles. The van der Waals surface area contributed by atoms with Gasteiger partial charge < -0.3 is 10.5 Å². The minimum atomic E-state index is -0.743. The van der Waals surface area contributed by atoms with E-state index in [0.29, 0.717) is 6.42 Å². The third-order valence-electron chi connectivity index (χ3n) is 2.63. The fraction of sp³-hybridized carbons (Fsp3) is 0.133. The molecule has 0 aliphatic carbocycles. The second kappa shape index (κ2) is 6.11. The number of nitrogens with two attached hydrogens (primary N) is 1. The van der Waals surface area contributed by atoms with Crippen LogP contribution in [0.25, 0.3) is 0 Å². The van der Waals surface area contributed by atoms with Gasteiger partial charge >= 0.3 is 5.97 Å². The molecular weight excluding hydrogens is 245 g/mol. The predicted octanol–water partition coefficient (Wildman–Crippen LogP) is 2.30. The van der Waals surface area contributed by atoms with E-state index >= 15 is 0 Å². The number of esters is 1. The highest BCUT2D eigenvalue weighted by atomic mass is 19.1. The van der Waals surface area contributed by atoms with Crippen LogP contribution in [0.4, 0.5) is 4.39 Å². The van der Waals surface area contributed by atoms with Crippen molar-refractivity contribution in [2.45, 2.75) is 12.5 Å². The molecule has 1 unspecified atom stereocenters. The summed E-state index contributed by atoms with van der Waals surface area (Å²) < 4.78 is 17.8. The summed E-state index contributed by atoms with van der Waals surface area (Å²) in [5.74, 6) is -0.626. The third-order valence-corrected chi connectivity index (χ3v) is 2.63. The molecule has 3 nitrogen and oxygen atoms in total. The summed E-state index contributed by atoms with van der Waals surface area (Å²) in [6.45, 7) is 0. The molecule has 0 amide bonds. The van der Waals surface area contributed by atoms with E-state index in [2.05, 4.69) is 0 Å². The molecule has 4 heteroatoms. The van der Waals surface area contributed by atoms with Crippen LogP contribution < -0.4 is 10.5 Å². The van der Waals surface area contributed by atoms with E-state index in [0.717, 1.165) is 5.56 Å². The van der Waals surface area contributed by atoms with Crippen LogP contribution in [0.15, 0.2) is 54.6 Å². The maximum Gasteiger partial charge on any atom is 0.328 e. The van der Waals surface area contributed by atoms with Gasteiger partial charge in [-0.25, -0.2) is 9.18 Å². The molecule has 98 valence electrons. The Morgan fingerprint density at radius 3 is 2.37 bits per heavy atom. The van der Waals surface area contributed by atoms with Gasteiger partial charge in [0, 0.05) is 0 Å². The zero-order chi connectivity index (χ0) is 13.7. The van der Waals surface area contributed by atoms with E-state index in [1.54, 1.807) is 0 Å². The molecule has 1 atom stereocenters. The molecule has 2 N–H and O–H groups in total. The highest BCUT2D eigenvalue weighted by Crippen LogP contribution is 2.12. The van der Waals surface area contributed by atoms with Crippen LogP contribution in [0.3, 0.4) is 0 Å². The first-order valence-electron chi connectivity index (χ1n) is 5.92. The lowest BCUT2D eigenvalue weighted by Crippen LogP contribution is -2.36. The fourth-order valence-corrected chi connectivity index (χ4v) is 1.65. The first kappa shape index (κ1) is 13.2. The Kier molecular flexibility index (Phi) is 4.26. The largest absolute Gasteiger partial charge is 0.425 e. The van der Waals surface area contributed by atoms with Gasteiger partial charge in [0.25, 0.3) is 0 Å². The smallest absolute Gasteiger partial charge is 0.328 e. The van der Waals surface area contributed by atoms with Crippen LogP contribution in [0, 0.1) is 5.82 Å². The molecule has 0 saturated carbocycles. The van der Waals surface area contributed by atoms with Gasteiger partial charge in [-0.3, -0.25) is 0 Å². The Bertz CT molecular complexity index is 540. The molecule has 2 rings (SSSR count). The zero-order valence-electron chi connectivity index (χ0n) is 10.3. The van der Waals surface area contributed by atoms with Gasteiger partial charge in [-0.15, -0.1) is 0 Å². The monoisotopic (exact) mass is 259 g/mol. The number of halogens is 1. The van der Waals surface area contributed by atoms with Crippen molar-refractivity contribution >= 4 is 5.97 Å². The average molecular weight is 259 g/mol. The summed E-state index contributed by atoms with van der Waals surface area (Å²) in [6, 6.07) is 13.9. The number of carbonyl (C=O) groups is 1. The second-order valence-corrected chi connectivity index (χ2v) is 4.17. The molecular formula is C15H14FNO2. The lowest BCUT2D eigenvalue weighted by atomic mass is 10.1. The van der Waals surface area contributed by atoms with E-state index in [1.807, 2.05) is 30.3 Å². The molecule has 19 heavy (non-hydrogen) atoms. The second-order valence-electron chi connectivity index (χ2n) is 4.17. The van der Waals surface area contributed by atoms with Crippen molar-refractivity contribution in [3.8, 4) is 5.75 Å². The SMILES string of the molecule is NC(Cc1ccccc1)C(=O)Oc1ccc(F)cc1. The summed E-state index contributed by atoms with van der Waals surface area (Å²) in [6.07, 6.45) is 0.404. The van der Waals surface area contributed by atoms with E-state index < -0.39 is 12.0 Å². The molecule has 0 aromatic heterocycles. The van der Waals surface area contributed by atoms with Crippen LogP contribution in [0.1, 0.15) is 5.56 Å². The van der Waals surface area contributed by atoms with Gasteiger partial charge in [0.2, 0.25) is 0 Å². The minimum absolute atomic E-state index is 0.287. The number of hydrogen-bond donors (Lipinski definition) is 1. The Morgan fingerprint density at radius 2 is 1.74 bits per heavy atom. The molecule has 0 aliphatic heterocycles. The van der Waals surface area contributed by atoms with Crippen molar-refractivity contribution in [2.75, 3.05) is 0 Å². The van der Waals surface area contributed by atoms with Crippen LogP contribution in [0.5, 0.6) is 5.75 Å². The lowest BCUT2D eigenvalue weighted by molar-refractivity contribution is -0.135. The van der Waals surface area contributed by atoms with Gasteiger partial charge in [0.15, 0.2) is 0 Å². The van der Waals surface area contributed by atoms with Crippen LogP contribution in [-0.2, 0) is 11.2 Å². The molecule has 0 fully saturated rings. The first-order chi connectivity index (χ1) is 9.15. The number of carbonyl (C=O) groups excluding carboxylic acids is 1. The predicted molar refractivity (Wildman–Crippen MR) is 70.2 cm³/mol. The standard InChI is InChI=1S/C15H14FNO2/c16-12-6-8-13(9-7-12)19-15(18)14(17)10-11-4-2-1-3-5-11/h1-9,14H,10,17H2. The van der Waals surface area contributed by atoms with Crippen molar-refractivity contribution in [3.63, 3.8) is 0 Å². The number of benzene rings is 2. The first-order valence-corrected chi connectivity index (χ1v) is 5.92. The quantitative estimate of drug-likeness (QED) is 0.677. The van der Waals surface area contributed by atoms with Gasteiger partial charge in [0.1, 0.15) is 17.6 Å². The highest BCUT2D eigenvalue weighted by Gasteiger charge is 2.16. The summed E-state index contributed by atoms with van der Waals surface area (Å²) >= 11 is 0. The summed E-state index contributed by atoms with van der Waals surface area (Å²) in [7, 11) is 0. The van der Waals surface area contributed by atoms with Crippen molar-refractivity contribution in [2.24, 2.45) is 5.73 Å². The number of hydrogen-bond acceptors (Lipinski definition) is 3. The molecule has 0 aliphatic rings. The Balaban J connectivity index is 1.94. The van der Waals surface area contributed by atoms with Gasteiger partial charge in [0.05, 0.1) is 0 Å². The minimum Gasteiger partial charge on any atom is -0.425 e.